The lowest BCUT2D eigenvalue weighted by Crippen LogP contribution is -2.41. The molecule has 0 N–H and O–H groups in total. The summed E-state index contributed by atoms with van der Waals surface area (Å²) in [6, 6.07) is 11.6. The first-order valence-corrected chi connectivity index (χ1v) is 13.9. The van der Waals surface area contributed by atoms with Gasteiger partial charge in [0, 0.05) is 40.6 Å². The lowest BCUT2D eigenvalue weighted by atomic mass is 10.0. The zero-order valence-corrected chi connectivity index (χ0v) is 22.1. The van der Waals surface area contributed by atoms with Gasteiger partial charge in [-0.15, -0.1) is 9.81 Å². The van der Waals surface area contributed by atoms with Crippen molar-refractivity contribution in [1.29, 1.82) is 0 Å². The van der Waals surface area contributed by atoms with E-state index in [4.69, 9.17) is 0 Å². The van der Waals surface area contributed by atoms with Crippen molar-refractivity contribution < 1.29 is 27.1 Å². The van der Waals surface area contributed by atoms with Crippen molar-refractivity contribution >= 4 is 35.5 Å². The fourth-order valence-corrected chi connectivity index (χ4v) is 5.50. The molecule has 214 valence electrons. The van der Waals surface area contributed by atoms with Gasteiger partial charge in [-0.1, -0.05) is 18.2 Å². The van der Waals surface area contributed by atoms with Crippen molar-refractivity contribution in [2.75, 3.05) is 13.1 Å². The summed E-state index contributed by atoms with van der Waals surface area (Å²) in [4.78, 5) is 57.8. The van der Waals surface area contributed by atoms with Crippen LogP contribution in [0.3, 0.4) is 0 Å². The number of piperidine rings is 1. The number of carbonyl (C=O) groups excluding carboxylic acids is 1. The van der Waals surface area contributed by atoms with E-state index in [2.05, 4.69) is 9.51 Å². The van der Waals surface area contributed by atoms with Gasteiger partial charge in [0.25, 0.3) is 0 Å². The van der Waals surface area contributed by atoms with Crippen molar-refractivity contribution in [3.8, 4) is 0 Å². The molecule has 1 aliphatic heterocycles. The van der Waals surface area contributed by atoms with Gasteiger partial charge in [0.05, 0.1) is 28.5 Å². The number of hydrogen-bond acceptors (Lipinski definition) is 7. The van der Waals surface area contributed by atoms with Gasteiger partial charge in [-0.25, -0.2) is 9.36 Å². The minimum atomic E-state index is -4.87. The van der Waals surface area contributed by atoms with E-state index in [-0.39, 0.29) is 43.8 Å². The molecule has 0 radical (unpaired) electrons. The number of pyridine rings is 1. The van der Waals surface area contributed by atoms with Gasteiger partial charge in [-0.05, 0) is 48.7 Å². The predicted octanol–water partition coefficient (Wildman–Crippen LogP) is 5.39. The van der Waals surface area contributed by atoms with Crippen LogP contribution in [0.2, 0.25) is 0 Å². The number of para-hydroxylation sites is 1. The molecule has 12 nitrogen and oxygen atoms in total. The van der Waals surface area contributed by atoms with E-state index in [0.717, 1.165) is 37.7 Å². The molecule has 1 aliphatic rings. The highest BCUT2D eigenvalue weighted by Gasteiger charge is 2.37. The molecule has 1 saturated heterocycles. The van der Waals surface area contributed by atoms with Crippen molar-refractivity contribution in [3.63, 3.8) is 0 Å². The first kappa shape index (κ1) is 28.3. The van der Waals surface area contributed by atoms with Gasteiger partial charge in [0.1, 0.15) is 6.73 Å². The molecule has 1 fully saturated rings. The summed E-state index contributed by atoms with van der Waals surface area (Å²) in [6.07, 6.45) is -2.65. The zero-order valence-electron chi connectivity index (χ0n) is 21.2. The third-order valence-corrected chi connectivity index (χ3v) is 7.92. The highest BCUT2D eigenvalue weighted by Crippen LogP contribution is 2.50. The van der Waals surface area contributed by atoms with E-state index < -0.39 is 43.4 Å². The average molecular weight is 590 g/mol. The maximum atomic E-state index is 14.0. The summed E-state index contributed by atoms with van der Waals surface area (Å²) >= 11 is 0. The van der Waals surface area contributed by atoms with Gasteiger partial charge in [-0.3, -0.25) is 23.4 Å². The Bertz CT molecular complexity index is 1750. The van der Waals surface area contributed by atoms with Crippen molar-refractivity contribution in [2.45, 2.75) is 38.2 Å². The summed E-state index contributed by atoms with van der Waals surface area (Å²) in [7, 11) is -4.87. The molecule has 0 atom stereocenters. The molecule has 0 bridgehead atoms. The van der Waals surface area contributed by atoms with Crippen molar-refractivity contribution in [2.24, 2.45) is 9.89 Å². The Hall–Kier alpha value is -4.23. The molecule has 41 heavy (non-hydrogen) atoms. The van der Waals surface area contributed by atoms with Crippen LogP contribution in [0.15, 0.2) is 69.4 Å². The smallest absolute Gasteiger partial charge is 0.342 e. The van der Waals surface area contributed by atoms with Crippen LogP contribution < -0.4 is 5.69 Å². The monoisotopic (exact) mass is 590 g/mol. The predicted molar refractivity (Wildman–Crippen MR) is 142 cm³/mol. The second-order valence-corrected chi connectivity index (χ2v) is 11.0. The zero-order chi connectivity index (χ0) is 29.4. The Balaban J connectivity index is 1.41. The number of fused-ring (bicyclic) bond motifs is 2. The number of likely N-dealkylation sites (tertiary alicyclic amines) is 1. The van der Waals surface area contributed by atoms with Crippen LogP contribution in [-0.2, 0) is 33.2 Å². The van der Waals surface area contributed by atoms with E-state index in [1.165, 1.54) is 6.07 Å². The fraction of sp³-hybridized carbons (Fsp3) is 0.320. The van der Waals surface area contributed by atoms with Gasteiger partial charge in [-0.2, -0.15) is 13.2 Å². The largest absolute Gasteiger partial charge is 0.506 e. The summed E-state index contributed by atoms with van der Waals surface area (Å²) in [6.45, 7) is -0.597. The Morgan fingerprint density at radius 3 is 2.49 bits per heavy atom. The minimum Gasteiger partial charge on any atom is -0.342 e. The summed E-state index contributed by atoms with van der Waals surface area (Å²) in [5.41, 5.74) is -1.08. The summed E-state index contributed by atoms with van der Waals surface area (Å²) < 4.78 is 60.2. The summed E-state index contributed by atoms with van der Waals surface area (Å²) in [5.74, 6) is -0.163. The number of amides is 1. The standard InChI is InChI=1S/C25H22F3N6O6P/c26-25(27,28)19-4-1-5-21-23(19)34(24(36)33(21)15-40-41(39,30-37)31-38)18-8-11-32(12-9-18)22(35)14-16-6-7-20-17(13-16)3-2-10-29-20/h1-7,10,13,18H,8-9,11-12,14-15H2. The normalized spacial score (nSPS) is 15.0. The highest BCUT2D eigenvalue weighted by atomic mass is 31.2. The molecule has 16 heteroatoms. The van der Waals surface area contributed by atoms with Crippen LogP contribution in [-0.4, -0.2) is 38.0 Å². The first-order valence-electron chi connectivity index (χ1n) is 12.4. The number of alkyl halides is 3. The van der Waals surface area contributed by atoms with E-state index in [9.17, 15) is 37.1 Å². The quantitative estimate of drug-likeness (QED) is 0.198. The molecule has 2 aromatic carbocycles. The average Bonchev–Trinajstić information content (AvgIpc) is 3.26. The number of nitroso groups, excluding NO2 is 2. The van der Waals surface area contributed by atoms with Crippen LogP contribution in [0.5, 0.6) is 0 Å². The van der Waals surface area contributed by atoms with Crippen molar-refractivity contribution in [3.05, 3.63) is 86.2 Å². The maximum Gasteiger partial charge on any atom is 0.506 e. The molecule has 0 spiro atoms. The molecule has 5 rings (SSSR count). The van der Waals surface area contributed by atoms with E-state index in [1.807, 2.05) is 34.2 Å². The minimum absolute atomic E-state index is 0.125. The first-order chi connectivity index (χ1) is 19.5. The number of carbonyl (C=O) groups is 1. The third-order valence-electron chi connectivity index (χ3n) is 7.06. The molecule has 3 heterocycles. The fourth-order valence-electron chi connectivity index (χ4n) is 5.11. The molecular formula is C25H22F3N6O6P. The Labute approximate surface area is 229 Å². The van der Waals surface area contributed by atoms with Crippen LogP contribution in [0.25, 0.3) is 21.9 Å². The van der Waals surface area contributed by atoms with E-state index in [0.29, 0.717) is 0 Å². The molecule has 2 aromatic heterocycles. The van der Waals surface area contributed by atoms with E-state index in [1.54, 1.807) is 17.2 Å². The van der Waals surface area contributed by atoms with Crippen molar-refractivity contribution in [1.82, 2.24) is 19.0 Å². The van der Waals surface area contributed by atoms with Crippen LogP contribution in [0, 0.1) is 9.81 Å². The lowest BCUT2D eigenvalue weighted by molar-refractivity contribution is -0.136. The van der Waals surface area contributed by atoms with Gasteiger partial charge in [0.15, 0.2) is 0 Å². The number of benzene rings is 2. The molecular weight excluding hydrogens is 568 g/mol. The van der Waals surface area contributed by atoms with Gasteiger partial charge in [0.2, 0.25) is 5.91 Å². The highest BCUT2D eigenvalue weighted by molar-refractivity contribution is 7.55. The number of halogens is 3. The molecule has 0 aliphatic carbocycles. The van der Waals surface area contributed by atoms with Crippen LogP contribution >= 0.6 is 7.67 Å². The van der Waals surface area contributed by atoms with Crippen LogP contribution in [0.4, 0.5) is 13.2 Å². The maximum absolute atomic E-state index is 14.0. The second kappa shape index (κ2) is 11.0. The molecule has 0 saturated carbocycles. The lowest BCUT2D eigenvalue weighted by Gasteiger charge is -2.33. The van der Waals surface area contributed by atoms with Gasteiger partial charge >= 0.3 is 19.5 Å². The number of imidazole rings is 1. The number of aromatic nitrogens is 3. The number of hydrogen-bond donors (Lipinski definition) is 0. The molecule has 1 amide bonds. The Kier molecular flexibility index (Phi) is 7.58. The third kappa shape index (κ3) is 5.55. The van der Waals surface area contributed by atoms with Gasteiger partial charge < -0.3 is 4.90 Å². The Morgan fingerprint density at radius 2 is 1.80 bits per heavy atom. The second-order valence-electron chi connectivity index (χ2n) is 9.48. The molecule has 0 unspecified atom stereocenters. The molecule has 4 aromatic rings. The summed E-state index contributed by atoms with van der Waals surface area (Å²) in [5, 5.41) is 0.890. The number of rotatable bonds is 8. The Morgan fingerprint density at radius 1 is 1.07 bits per heavy atom. The topological polar surface area (TPSA) is 145 Å². The van der Waals surface area contributed by atoms with Crippen LogP contribution in [0.1, 0.15) is 30.0 Å². The SMILES string of the molecule is O=NP(=O)(N=O)OCn1c(=O)n(C2CCN(C(=O)Cc3ccc4ncccc4c3)CC2)c2c(C(F)(F)F)cccc21. The van der Waals surface area contributed by atoms with E-state index >= 15 is 0 Å². The number of nitrogens with zero attached hydrogens (tertiary/aromatic N) is 6.